The van der Waals surface area contributed by atoms with E-state index in [4.69, 9.17) is 5.11 Å². The molecule has 2 rings (SSSR count). The Morgan fingerprint density at radius 1 is 1.22 bits per heavy atom. The average Bonchev–Trinajstić information content (AvgIpc) is 2.74. The lowest BCUT2D eigenvalue weighted by Gasteiger charge is -2.18. The van der Waals surface area contributed by atoms with Crippen LogP contribution in [0.15, 0.2) is 0 Å². The van der Waals surface area contributed by atoms with Crippen molar-refractivity contribution in [1.29, 1.82) is 0 Å². The molecule has 0 saturated heterocycles. The van der Waals surface area contributed by atoms with Crippen LogP contribution in [0, 0.1) is 0 Å². The van der Waals surface area contributed by atoms with Crippen molar-refractivity contribution in [2.24, 2.45) is 0 Å². The van der Waals surface area contributed by atoms with Crippen molar-refractivity contribution < 1.29 is 9.90 Å². The third-order valence-corrected chi connectivity index (χ3v) is 3.57. The van der Waals surface area contributed by atoms with Gasteiger partial charge in [0.2, 0.25) is 0 Å². The normalized spacial score (nSPS) is 18.2. The maximum atomic E-state index is 10.6. The van der Waals surface area contributed by atoms with Gasteiger partial charge in [-0.05, 0) is 23.3 Å². The molecule has 100 valence electrons. The molecule has 0 aliphatic heterocycles. The summed E-state index contributed by atoms with van der Waals surface area (Å²) >= 11 is 0. The summed E-state index contributed by atoms with van der Waals surface area (Å²) in [7, 11) is 0. The van der Waals surface area contributed by atoms with Crippen LogP contribution in [0.3, 0.4) is 0 Å². The van der Waals surface area contributed by atoms with Crippen LogP contribution < -0.4 is 0 Å². The predicted molar refractivity (Wildman–Crippen MR) is 65.1 cm³/mol. The molecule has 0 amide bonds. The zero-order valence-electron chi connectivity index (χ0n) is 10.6. The third kappa shape index (κ3) is 3.51. The Kier molecular flexibility index (Phi) is 4.66. The van der Waals surface area contributed by atoms with Gasteiger partial charge in [0.15, 0.2) is 5.82 Å². The Morgan fingerprint density at radius 3 is 2.56 bits per heavy atom. The van der Waals surface area contributed by atoms with E-state index in [0.717, 1.165) is 18.7 Å². The topological polar surface area (TPSA) is 80.9 Å². The van der Waals surface area contributed by atoms with Gasteiger partial charge in [-0.15, -0.1) is 5.10 Å². The molecule has 1 N–H and O–H groups in total. The van der Waals surface area contributed by atoms with E-state index in [2.05, 4.69) is 15.5 Å². The summed E-state index contributed by atoms with van der Waals surface area (Å²) < 4.78 is 1.67. The second-order valence-corrected chi connectivity index (χ2v) is 4.95. The molecule has 6 nitrogen and oxygen atoms in total. The maximum Gasteiger partial charge on any atom is 0.305 e. The lowest BCUT2D eigenvalue weighted by molar-refractivity contribution is -0.137. The number of carbonyl (C=O) groups is 1. The van der Waals surface area contributed by atoms with Crippen molar-refractivity contribution in [3.8, 4) is 0 Å². The average molecular weight is 252 g/mol. The van der Waals surface area contributed by atoms with Gasteiger partial charge in [0.1, 0.15) is 0 Å². The number of hydrogen-bond acceptors (Lipinski definition) is 4. The van der Waals surface area contributed by atoms with Gasteiger partial charge in [-0.3, -0.25) is 4.79 Å². The molecule has 1 heterocycles. The minimum atomic E-state index is -0.811. The van der Waals surface area contributed by atoms with Gasteiger partial charge in [-0.2, -0.15) is 0 Å². The van der Waals surface area contributed by atoms with Gasteiger partial charge >= 0.3 is 5.97 Å². The number of aliphatic carboxylic acids is 1. The summed E-state index contributed by atoms with van der Waals surface area (Å²) in [4.78, 5) is 10.6. The first-order valence-electron chi connectivity index (χ1n) is 6.75. The van der Waals surface area contributed by atoms with Crippen LogP contribution in [0.1, 0.15) is 63.1 Å². The standard InChI is InChI=1S/C12H20N4O2/c17-11(18)8-9-16-12(13-14-15-16)10-6-4-2-1-3-5-7-10/h10H,1-9H2,(H,17,18). The second-order valence-electron chi connectivity index (χ2n) is 4.95. The van der Waals surface area contributed by atoms with Crippen molar-refractivity contribution in [2.45, 2.75) is 63.8 Å². The number of rotatable bonds is 4. The van der Waals surface area contributed by atoms with Gasteiger partial charge in [0, 0.05) is 5.92 Å². The summed E-state index contributed by atoms with van der Waals surface area (Å²) in [6, 6.07) is 0. The van der Waals surface area contributed by atoms with Gasteiger partial charge in [0.25, 0.3) is 0 Å². The first kappa shape index (κ1) is 13.0. The fourth-order valence-corrected chi connectivity index (χ4v) is 2.58. The summed E-state index contributed by atoms with van der Waals surface area (Å²) in [6.45, 7) is 0.369. The van der Waals surface area contributed by atoms with Crippen molar-refractivity contribution in [3.05, 3.63) is 5.82 Å². The van der Waals surface area contributed by atoms with Crippen LogP contribution in [-0.4, -0.2) is 31.3 Å². The molecule has 1 aromatic rings. The number of carboxylic acids is 1. The molecule has 0 unspecified atom stereocenters. The Labute approximate surface area is 106 Å². The highest BCUT2D eigenvalue weighted by atomic mass is 16.4. The minimum absolute atomic E-state index is 0.0742. The number of nitrogens with zero attached hydrogens (tertiary/aromatic N) is 4. The molecule has 1 aromatic heterocycles. The Hall–Kier alpha value is -1.46. The zero-order chi connectivity index (χ0) is 12.8. The Bertz CT molecular complexity index is 383. The largest absolute Gasteiger partial charge is 0.481 e. The summed E-state index contributed by atoms with van der Waals surface area (Å²) in [5.74, 6) is 0.460. The van der Waals surface area contributed by atoms with Crippen LogP contribution in [0.2, 0.25) is 0 Å². The summed E-state index contributed by atoms with van der Waals surface area (Å²) in [6.07, 6.45) is 8.65. The van der Waals surface area contributed by atoms with Crippen LogP contribution in [-0.2, 0) is 11.3 Å². The molecule has 0 aromatic carbocycles. The molecule has 0 radical (unpaired) electrons. The van der Waals surface area contributed by atoms with E-state index in [0.29, 0.717) is 12.5 Å². The molecule has 0 spiro atoms. The number of tetrazole rings is 1. The number of carboxylic acid groups (broad SMARTS) is 1. The fraction of sp³-hybridized carbons (Fsp3) is 0.833. The molecule has 0 atom stereocenters. The molecule has 1 fully saturated rings. The summed E-state index contributed by atoms with van der Waals surface area (Å²) in [5.41, 5.74) is 0. The molecule has 0 bridgehead atoms. The predicted octanol–water partition coefficient (Wildman–Crippen LogP) is 1.98. The van der Waals surface area contributed by atoms with E-state index in [1.807, 2.05) is 0 Å². The lowest BCUT2D eigenvalue weighted by atomic mass is 9.90. The minimum Gasteiger partial charge on any atom is -0.481 e. The number of hydrogen-bond donors (Lipinski definition) is 1. The highest BCUT2D eigenvalue weighted by Crippen LogP contribution is 2.29. The van der Waals surface area contributed by atoms with Gasteiger partial charge in [-0.25, -0.2) is 4.68 Å². The summed E-state index contributed by atoms with van der Waals surface area (Å²) in [5, 5.41) is 20.4. The highest BCUT2D eigenvalue weighted by Gasteiger charge is 2.20. The molecular formula is C12H20N4O2. The van der Waals surface area contributed by atoms with E-state index >= 15 is 0 Å². The van der Waals surface area contributed by atoms with E-state index < -0.39 is 5.97 Å². The van der Waals surface area contributed by atoms with Crippen molar-refractivity contribution in [3.63, 3.8) is 0 Å². The molecular weight excluding hydrogens is 232 g/mol. The van der Waals surface area contributed by atoms with Gasteiger partial charge in [-0.1, -0.05) is 32.1 Å². The molecule has 1 aliphatic carbocycles. The Morgan fingerprint density at radius 2 is 1.89 bits per heavy atom. The second kappa shape index (κ2) is 6.47. The smallest absolute Gasteiger partial charge is 0.305 e. The van der Waals surface area contributed by atoms with Crippen molar-refractivity contribution in [2.75, 3.05) is 0 Å². The number of aryl methyl sites for hydroxylation is 1. The SMILES string of the molecule is O=C(O)CCn1nnnc1C1CCCCCCC1. The van der Waals surface area contributed by atoms with E-state index in [1.54, 1.807) is 4.68 Å². The van der Waals surface area contributed by atoms with E-state index in [1.165, 1.54) is 32.1 Å². The van der Waals surface area contributed by atoms with Crippen LogP contribution in [0.5, 0.6) is 0 Å². The molecule has 1 saturated carbocycles. The maximum absolute atomic E-state index is 10.6. The highest BCUT2D eigenvalue weighted by molar-refractivity contribution is 5.66. The van der Waals surface area contributed by atoms with Crippen molar-refractivity contribution in [1.82, 2.24) is 20.2 Å². The molecule has 18 heavy (non-hydrogen) atoms. The molecule has 1 aliphatic rings. The van der Waals surface area contributed by atoms with E-state index in [9.17, 15) is 4.79 Å². The first-order chi connectivity index (χ1) is 8.77. The first-order valence-corrected chi connectivity index (χ1v) is 6.75. The third-order valence-electron chi connectivity index (χ3n) is 3.57. The zero-order valence-corrected chi connectivity index (χ0v) is 10.6. The van der Waals surface area contributed by atoms with Crippen LogP contribution >= 0.6 is 0 Å². The van der Waals surface area contributed by atoms with Crippen molar-refractivity contribution >= 4 is 5.97 Å². The van der Waals surface area contributed by atoms with Crippen LogP contribution in [0.4, 0.5) is 0 Å². The van der Waals surface area contributed by atoms with Gasteiger partial charge in [0.05, 0.1) is 13.0 Å². The Balaban J connectivity index is 2.01. The fourth-order valence-electron chi connectivity index (χ4n) is 2.58. The van der Waals surface area contributed by atoms with Crippen LogP contribution in [0.25, 0.3) is 0 Å². The quantitative estimate of drug-likeness (QED) is 0.886. The number of aromatic nitrogens is 4. The molecule has 6 heteroatoms. The lowest BCUT2D eigenvalue weighted by Crippen LogP contribution is -2.14. The van der Waals surface area contributed by atoms with Gasteiger partial charge < -0.3 is 5.11 Å². The monoisotopic (exact) mass is 252 g/mol. The van der Waals surface area contributed by atoms with E-state index in [-0.39, 0.29) is 6.42 Å².